The summed E-state index contributed by atoms with van der Waals surface area (Å²) in [5.41, 5.74) is 1.05. The monoisotopic (exact) mass is 435 g/mol. The van der Waals surface area contributed by atoms with Crippen LogP contribution in [0.25, 0.3) is 0 Å². The van der Waals surface area contributed by atoms with E-state index in [4.69, 9.17) is 27.9 Å². The Labute approximate surface area is 178 Å². The summed E-state index contributed by atoms with van der Waals surface area (Å²) in [5.74, 6) is -0.720. The predicted octanol–water partition coefficient (Wildman–Crippen LogP) is 3.77. The van der Waals surface area contributed by atoms with Gasteiger partial charge in [-0.1, -0.05) is 35.3 Å². The van der Waals surface area contributed by atoms with Gasteiger partial charge >= 0.3 is 12.0 Å². The molecule has 1 N–H and O–H groups in total. The first-order valence-electron chi connectivity index (χ1n) is 8.87. The highest BCUT2D eigenvalue weighted by Crippen LogP contribution is 2.21. The lowest BCUT2D eigenvalue weighted by Crippen LogP contribution is -2.51. The van der Waals surface area contributed by atoms with Crippen LogP contribution in [0, 0.1) is 0 Å². The number of rotatable bonds is 3. The van der Waals surface area contributed by atoms with Crippen LogP contribution in [0.15, 0.2) is 42.5 Å². The van der Waals surface area contributed by atoms with Crippen LogP contribution in [0.5, 0.6) is 0 Å². The minimum Gasteiger partial charge on any atom is -0.465 e. The number of carbonyl (C=O) groups is 3. The third kappa shape index (κ3) is 4.99. The Kier molecular flexibility index (Phi) is 6.61. The van der Waals surface area contributed by atoms with Crippen LogP contribution in [-0.2, 0) is 4.74 Å². The fourth-order valence-electron chi connectivity index (χ4n) is 3.05. The van der Waals surface area contributed by atoms with Gasteiger partial charge in [0.05, 0.1) is 18.4 Å². The van der Waals surface area contributed by atoms with E-state index in [-0.39, 0.29) is 17.5 Å². The Balaban J connectivity index is 1.61. The lowest BCUT2D eigenvalue weighted by Gasteiger charge is -2.34. The number of esters is 1. The Bertz CT molecular complexity index is 923. The maximum absolute atomic E-state index is 12.7. The van der Waals surface area contributed by atoms with Crippen LogP contribution in [0.4, 0.5) is 10.5 Å². The van der Waals surface area contributed by atoms with Crippen molar-refractivity contribution in [2.75, 3.05) is 38.6 Å². The summed E-state index contributed by atoms with van der Waals surface area (Å²) >= 11 is 11.9. The molecule has 2 aromatic rings. The first-order valence-corrected chi connectivity index (χ1v) is 9.63. The smallest absolute Gasteiger partial charge is 0.339 e. The van der Waals surface area contributed by atoms with E-state index >= 15 is 0 Å². The zero-order valence-corrected chi connectivity index (χ0v) is 17.2. The number of amides is 3. The number of methoxy groups -OCH3 is 1. The Hall–Kier alpha value is -2.77. The van der Waals surface area contributed by atoms with Gasteiger partial charge in [-0.05, 0) is 30.3 Å². The normalized spacial score (nSPS) is 13.8. The highest BCUT2D eigenvalue weighted by Gasteiger charge is 2.26. The molecule has 9 heteroatoms. The van der Waals surface area contributed by atoms with Gasteiger partial charge in [0.2, 0.25) is 0 Å². The maximum Gasteiger partial charge on any atom is 0.339 e. The molecule has 0 aromatic heterocycles. The zero-order chi connectivity index (χ0) is 21.0. The second-order valence-corrected chi connectivity index (χ2v) is 7.28. The number of urea groups is 1. The van der Waals surface area contributed by atoms with Gasteiger partial charge in [0.25, 0.3) is 5.91 Å². The summed E-state index contributed by atoms with van der Waals surface area (Å²) in [6.07, 6.45) is 0. The molecule has 1 aliphatic rings. The Morgan fingerprint density at radius 1 is 0.931 bits per heavy atom. The number of carbonyl (C=O) groups excluding carboxylic acids is 3. The summed E-state index contributed by atoms with van der Waals surface area (Å²) in [6, 6.07) is 11.0. The number of para-hydroxylation sites is 1. The molecule has 152 valence electrons. The molecule has 0 bridgehead atoms. The van der Waals surface area contributed by atoms with Crippen molar-refractivity contribution in [3.05, 3.63) is 63.6 Å². The Morgan fingerprint density at radius 2 is 1.52 bits per heavy atom. The van der Waals surface area contributed by atoms with Crippen molar-refractivity contribution < 1.29 is 19.1 Å². The van der Waals surface area contributed by atoms with Gasteiger partial charge in [0, 0.05) is 41.8 Å². The van der Waals surface area contributed by atoms with Gasteiger partial charge in [-0.3, -0.25) is 4.79 Å². The number of hydrogen-bond acceptors (Lipinski definition) is 4. The predicted molar refractivity (Wildman–Crippen MR) is 111 cm³/mol. The topological polar surface area (TPSA) is 79.0 Å². The van der Waals surface area contributed by atoms with Crippen LogP contribution in [0.2, 0.25) is 10.0 Å². The minimum atomic E-state index is -0.531. The van der Waals surface area contributed by atoms with Gasteiger partial charge in [0.15, 0.2) is 0 Å². The molecule has 0 saturated carbocycles. The first-order chi connectivity index (χ1) is 13.9. The molecule has 29 heavy (non-hydrogen) atoms. The fourth-order valence-corrected chi connectivity index (χ4v) is 3.57. The number of anilines is 1. The number of nitrogens with zero attached hydrogens (tertiary/aromatic N) is 2. The minimum absolute atomic E-state index is 0.189. The average Bonchev–Trinajstić information content (AvgIpc) is 2.72. The van der Waals surface area contributed by atoms with Gasteiger partial charge < -0.3 is 19.9 Å². The van der Waals surface area contributed by atoms with Crippen molar-refractivity contribution in [3.63, 3.8) is 0 Å². The summed E-state index contributed by atoms with van der Waals surface area (Å²) in [7, 11) is 1.28. The van der Waals surface area contributed by atoms with Crippen molar-refractivity contribution in [1.82, 2.24) is 9.80 Å². The maximum atomic E-state index is 12.7. The second-order valence-electron chi connectivity index (χ2n) is 6.40. The van der Waals surface area contributed by atoms with Gasteiger partial charge in [-0.2, -0.15) is 0 Å². The van der Waals surface area contributed by atoms with Crippen LogP contribution in [0.1, 0.15) is 20.7 Å². The quantitative estimate of drug-likeness (QED) is 0.744. The number of benzene rings is 2. The van der Waals surface area contributed by atoms with Gasteiger partial charge in [-0.15, -0.1) is 0 Å². The molecule has 3 rings (SSSR count). The SMILES string of the molecule is COC(=O)c1ccccc1NC(=O)N1CCN(C(=O)c2cc(Cl)cc(Cl)c2)CC1. The van der Waals surface area contributed by atoms with Gasteiger partial charge in [0.1, 0.15) is 0 Å². The van der Waals surface area contributed by atoms with Crippen LogP contribution >= 0.6 is 23.2 Å². The number of ether oxygens (including phenoxy) is 1. The molecule has 0 radical (unpaired) electrons. The van der Waals surface area contributed by atoms with Crippen LogP contribution < -0.4 is 5.32 Å². The molecular formula is C20H19Cl2N3O4. The van der Waals surface area contributed by atoms with E-state index in [0.29, 0.717) is 47.5 Å². The van der Waals surface area contributed by atoms with E-state index in [1.807, 2.05) is 0 Å². The number of nitrogens with one attached hydrogen (secondary N) is 1. The molecule has 2 aromatic carbocycles. The molecule has 3 amide bonds. The number of hydrogen-bond donors (Lipinski definition) is 1. The zero-order valence-electron chi connectivity index (χ0n) is 15.7. The molecule has 1 heterocycles. The van der Waals surface area contributed by atoms with Crippen molar-refractivity contribution in [2.24, 2.45) is 0 Å². The molecule has 1 fully saturated rings. The standard InChI is InChI=1S/C20H19Cl2N3O4/c1-29-19(27)16-4-2-3-5-17(16)23-20(28)25-8-6-24(7-9-25)18(26)13-10-14(21)12-15(22)11-13/h2-5,10-12H,6-9H2,1H3,(H,23,28). The molecule has 1 aliphatic heterocycles. The lowest BCUT2D eigenvalue weighted by atomic mass is 10.1. The van der Waals surface area contributed by atoms with Crippen molar-refractivity contribution >= 4 is 46.8 Å². The highest BCUT2D eigenvalue weighted by atomic mass is 35.5. The summed E-state index contributed by atoms with van der Waals surface area (Å²) in [4.78, 5) is 40.3. The first kappa shape index (κ1) is 21.0. The highest BCUT2D eigenvalue weighted by molar-refractivity contribution is 6.35. The van der Waals surface area contributed by atoms with Crippen molar-refractivity contribution in [2.45, 2.75) is 0 Å². The second kappa shape index (κ2) is 9.15. The van der Waals surface area contributed by atoms with Gasteiger partial charge in [-0.25, -0.2) is 9.59 Å². The molecule has 7 nitrogen and oxygen atoms in total. The average molecular weight is 436 g/mol. The van der Waals surface area contributed by atoms with Crippen LogP contribution in [0.3, 0.4) is 0 Å². The van der Waals surface area contributed by atoms with E-state index in [1.165, 1.54) is 7.11 Å². The summed E-state index contributed by atoms with van der Waals surface area (Å²) in [5, 5.41) is 3.52. The van der Waals surface area contributed by atoms with Crippen molar-refractivity contribution in [1.29, 1.82) is 0 Å². The van der Waals surface area contributed by atoms with Crippen molar-refractivity contribution in [3.8, 4) is 0 Å². The van der Waals surface area contributed by atoms with Crippen LogP contribution in [-0.4, -0.2) is 61.0 Å². The van der Waals surface area contributed by atoms with E-state index in [2.05, 4.69) is 5.32 Å². The lowest BCUT2D eigenvalue weighted by molar-refractivity contribution is 0.0600. The van der Waals surface area contributed by atoms with E-state index in [1.54, 1.807) is 52.3 Å². The Morgan fingerprint density at radius 3 is 2.14 bits per heavy atom. The molecule has 0 atom stereocenters. The van der Waals surface area contributed by atoms with E-state index in [0.717, 1.165) is 0 Å². The summed E-state index contributed by atoms with van der Waals surface area (Å²) < 4.78 is 4.74. The van der Waals surface area contributed by atoms with E-state index < -0.39 is 5.97 Å². The fraction of sp³-hybridized carbons (Fsp3) is 0.250. The largest absolute Gasteiger partial charge is 0.465 e. The number of halogens is 2. The molecule has 0 aliphatic carbocycles. The third-order valence-electron chi connectivity index (χ3n) is 4.54. The molecule has 0 unspecified atom stereocenters. The molecule has 1 saturated heterocycles. The third-order valence-corrected chi connectivity index (χ3v) is 4.97. The van der Waals surface area contributed by atoms with E-state index in [9.17, 15) is 14.4 Å². The molecule has 0 spiro atoms. The molecular weight excluding hydrogens is 417 g/mol. The number of piperazine rings is 1. The summed E-state index contributed by atoms with van der Waals surface area (Å²) in [6.45, 7) is 1.45.